The average Bonchev–Trinajstić information content (AvgIpc) is 2.65. The van der Waals surface area contributed by atoms with Crippen LogP contribution >= 0.6 is 15.9 Å². The van der Waals surface area contributed by atoms with Gasteiger partial charge in [0, 0.05) is 6.08 Å². The number of aromatic nitrogens is 2. The van der Waals surface area contributed by atoms with Gasteiger partial charge in [0.25, 0.3) is 0 Å². The summed E-state index contributed by atoms with van der Waals surface area (Å²) in [7, 11) is 0. The molecule has 0 bridgehead atoms. The molecule has 2 rings (SSSR count). The molecule has 0 atom stereocenters. The van der Waals surface area contributed by atoms with Gasteiger partial charge in [0.1, 0.15) is 0 Å². The Labute approximate surface area is 125 Å². The van der Waals surface area contributed by atoms with Crippen molar-refractivity contribution in [2.24, 2.45) is 0 Å². The van der Waals surface area contributed by atoms with E-state index in [0.29, 0.717) is 0 Å². The molecular weight excluding hydrogens is 320 g/mol. The van der Waals surface area contributed by atoms with Gasteiger partial charge in [-0.15, -0.1) is 0 Å². The topological polar surface area (TPSA) is 55.1 Å². The number of carboxylic acid groups (broad SMARTS) is 1. The van der Waals surface area contributed by atoms with E-state index in [9.17, 15) is 4.79 Å². The first-order chi connectivity index (χ1) is 9.40. The van der Waals surface area contributed by atoms with E-state index in [1.54, 1.807) is 6.08 Å². The van der Waals surface area contributed by atoms with E-state index in [1.165, 1.54) is 0 Å². The molecule has 0 aliphatic rings. The predicted octanol–water partition coefficient (Wildman–Crippen LogP) is 3.66. The van der Waals surface area contributed by atoms with Crippen molar-refractivity contribution in [3.63, 3.8) is 0 Å². The zero-order valence-electron chi connectivity index (χ0n) is 11.5. The van der Waals surface area contributed by atoms with Crippen LogP contribution in [0.25, 0.3) is 11.8 Å². The molecule has 20 heavy (non-hydrogen) atoms. The second-order valence-electron chi connectivity index (χ2n) is 4.61. The molecule has 5 heteroatoms. The van der Waals surface area contributed by atoms with Crippen LogP contribution in [0.15, 0.2) is 28.7 Å². The van der Waals surface area contributed by atoms with E-state index in [-0.39, 0.29) is 0 Å². The minimum Gasteiger partial charge on any atom is -0.478 e. The molecule has 0 aliphatic heterocycles. The van der Waals surface area contributed by atoms with Crippen molar-refractivity contribution in [1.29, 1.82) is 0 Å². The standard InChI is InChI=1S/C15H15BrN2O2/c1-9-4-5-12(6-7-14(19)20)8-13(9)18-11(3)15(16)10(2)17-18/h4-8H,1-3H3,(H,19,20)/b7-6+. The normalized spacial score (nSPS) is 11.2. The minimum atomic E-state index is -0.957. The van der Waals surface area contributed by atoms with Gasteiger partial charge in [0.05, 0.1) is 21.5 Å². The molecule has 0 saturated carbocycles. The van der Waals surface area contributed by atoms with Crippen molar-refractivity contribution < 1.29 is 9.90 Å². The van der Waals surface area contributed by atoms with Crippen LogP contribution in [0.2, 0.25) is 0 Å². The number of aryl methyl sites for hydroxylation is 2. The van der Waals surface area contributed by atoms with E-state index in [2.05, 4.69) is 21.0 Å². The lowest BCUT2D eigenvalue weighted by atomic mass is 10.1. The van der Waals surface area contributed by atoms with Crippen LogP contribution in [0.1, 0.15) is 22.5 Å². The van der Waals surface area contributed by atoms with Gasteiger partial charge >= 0.3 is 5.97 Å². The molecule has 0 aliphatic carbocycles. The fraction of sp³-hybridized carbons (Fsp3) is 0.200. The van der Waals surface area contributed by atoms with Gasteiger partial charge < -0.3 is 5.11 Å². The van der Waals surface area contributed by atoms with Crippen molar-refractivity contribution in [2.75, 3.05) is 0 Å². The third-order valence-electron chi connectivity index (χ3n) is 3.08. The van der Waals surface area contributed by atoms with Crippen LogP contribution in [-0.2, 0) is 4.79 Å². The number of hydrogen-bond acceptors (Lipinski definition) is 2. The summed E-state index contributed by atoms with van der Waals surface area (Å²) in [6.45, 7) is 5.94. The highest BCUT2D eigenvalue weighted by Crippen LogP contribution is 2.25. The maximum absolute atomic E-state index is 10.6. The Kier molecular flexibility index (Phi) is 4.09. The van der Waals surface area contributed by atoms with Crippen LogP contribution in [0.3, 0.4) is 0 Å². The second-order valence-corrected chi connectivity index (χ2v) is 5.41. The molecule has 0 unspecified atom stereocenters. The summed E-state index contributed by atoms with van der Waals surface area (Å²) in [6, 6.07) is 5.78. The number of hydrogen-bond donors (Lipinski definition) is 1. The van der Waals surface area contributed by atoms with Crippen molar-refractivity contribution in [1.82, 2.24) is 9.78 Å². The average molecular weight is 335 g/mol. The summed E-state index contributed by atoms with van der Waals surface area (Å²) in [6.07, 6.45) is 2.71. The van der Waals surface area contributed by atoms with E-state index >= 15 is 0 Å². The first-order valence-corrected chi connectivity index (χ1v) is 6.93. The number of carbonyl (C=O) groups is 1. The maximum Gasteiger partial charge on any atom is 0.328 e. The molecule has 1 aromatic carbocycles. The van der Waals surface area contributed by atoms with E-state index < -0.39 is 5.97 Å². The molecule has 2 aromatic rings. The Bertz CT molecular complexity index is 702. The Hall–Kier alpha value is -1.88. The highest BCUT2D eigenvalue weighted by molar-refractivity contribution is 9.10. The number of halogens is 1. The molecule has 1 aromatic heterocycles. The molecule has 0 fully saturated rings. The Morgan fingerprint density at radius 3 is 2.60 bits per heavy atom. The second kappa shape index (κ2) is 5.63. The number of rotatable bonds is 3. The molecule has 4 nitrogen and oxygen atoms in total. The van der Waals surface area contributed by atoms with Gasteiger partial charge in [-0.05, 0) is 60.0 Å². The van der Waals surface area contributed by atoms with E-state index in [1.807, 2.05) is 43.7 Å². The predicted molar refractivity (Wildman–Crippen MR) is 82.1 cm³/mol. The van der Waals surface area contributed by atoms with Crippen LogP contribution in [0.4, 0.5) is 0 Å². The number of carboxylic acids is 1. The molecule has 104 valence electrons. The summed E-state index contributed by atoms with van der Waals surface area (Å²) >= 11 is 3.52. The summed E-state index contributed by atoms with van der Waals surface area (Å²) in [5, 5.41) is 13.2. The van der Waals surface area contributed by atoms with Gasteiger partial charge in [-0.1, -0.05) is 12.1 Å². The Balaban J connectivity index is 2.53. The smallest absolute Gasteiger partial charge is 0.328 e. The van der Waals surface area contributed by atoms with Crippen molar-refractivity contribution >= 4 is 28.0 Å². The molecular formula is C15H15BrN2O2. The SMILES string of the molecule is Cc1ccc(/C=C/C(=O)O)cc1-n1nc(C)c(Br)c1C. The van der Waals surface area contributed by atoms with Crippen LogP contribution in [-0.4, -0.2) is 20.9 Å². The van der Waals surface area contributed by atoms with Gasteiger partial charge in [-0.3, -0.25) is 0 Å². The zero-order chi connectivity index (χ0) is 14.9. The number of benzene rings is 1. The third kappa shape index (κ3) is 2.82. The molecule has 0 spiro atoms. The lowest BCUT2D eigenvalue weighted by Crippen LogP contribution is -2.02. The largest absolute Gasteiger partial charge is 0.478 e. The van der Waals surface area contributed by atoms with Gasteiger partial charge in [-0.2, -0.15) is 5.10 Å². The summed E-state index contributed by atoms with van der Waals surface area (Å²) in [4.78, 5) is 10.6. The minimum absolute atomic E-state index is 0.830. The first kappa shape index (κ1) is 14.5. The number of aliphatic carboxylic acids is 1. The lowest BCUT2D eigenvalue weighted by Gasteiger charge is -2.09. The maximum atomic E-state index is 10.6. The Morgan fingerprint density at radius 1 is 1.35 bits per heavy atom. The molecule has 1 N–H and O–H groups in total. The summed E-state index contributed by atoms with van der Waals surface area (Å²) in [5.41, 5.74) is 4.80. The third-order valence-corrected chi connectivity index (χ3v) is 4.23. The molecule has 1 heterocycles. The first-order valence-electron chi connectivity index (χ1n) is 6.14. The summed E-state index contributed by atoms with van der Waals surface area (Å²) in [5.74, 6) is -0.957. The van der Waals surface area contributed by atoms with Gasteiger partial charge in [0.2, 0.25) is 0 Å². The fourth-order valence-corrected chi connectivity index (χ4v) is 2.23. The quantitative estimate of drug-likeness (QED) is 0.871. The highest BCUT2D eigenvalue weighted by atomic mass is 79.9. The molecule has 0 amide bonds. The molecule has 0 radical (unpaired) electrons. The van der Waals surface area contributed by atoms with Crippen LogP contribution in [0.5, 0.6) is 0 Å². The van der Waals surface area contributed by atoms with E-state index in [0.717, 1.165) is 38.8 Å². The molecule has 0 saturated heterocycles. The Morgan fingerprint density at radius 2 is 2.05 bits per heavy atom. The van der Waals surface area contributed by atoms with Crippen LogP contribution < -0.4 is 0 Å². The lowest BCUT2D eigenvalue weighted by molar-refractivity contribution is -0.131. The van der Waals surface area contributed by atoms with Crippen molar-refractivity contribution in [3.8, 4) is 5.69 Å². The van der Waals surface area contributed by atoms with E-state index in [4.69, 9.17) is 5.11 Å². The van der Waals surface area contributed by atoms with Gasteiger partial charge in [0.15, 0.2) is 0 Å². The van der Waals surface area contributed by atoms with Crippen LogP contribution in [0, 0.1) is 20.8 Å². The fourth-order valence-electron chi connectivity index (χ4n) is 1.98. The van der Waals surface area contributed by atoms with Crippen molar-refractivity contribution in [2.45, 2.75) is 20.8 Å². The summed E-state index contributed by atoms with van der Waals surface area (Å²) < 4.78 is 2.86. The van der Waals surface area contributed by atoms with Crippen molar-refractivity contribution in [3.05, 3.63) is 51.3 Å². The zero-order valence-corrected chi connectivity index (χ0v) is 13.1. The van der Waals surface area contributed by atoms with Gasteiger partial charge in [-0.25, -0.2) is 9.48 Å². The highest BCUT2D eigenvalue weighted by Gasteiger charge is 2.12. The number of nitrogens with zero attached hydrogens (tertiary/aromatic N) is 2. The monoisotopic (exact) mass is 334 g/mol.